The predicted octanol–water partition coefficient (Wildman–Crippen LogP) is 0.490. The van der Waals surface area contributed by atoms with Crippen LogP contribution in [0.4, 0.5) is 4.79 Å². The topological polar surface area (TPSA) is 38.3 Å². The third-order valence-electron chi connectivity index (χ3n) is 0.924. The average Bonchev–Trinajstić information content (AvgIpc) is 2.14. The molecule has 0 aliphatic carbocycles. The molecule has 1 aliphatic rings. The molecule has 8 heavy (non-hydrogen) atoms. The van der Waals surface area contributed by atoms with Crippen LogP contribution in [0.15, 0.2) is 0 Å². The van der Waals surface area contributed by atoms with E-state index in [-0.39, 0.29) is 12.1 Å². The van der Waals surface area contributed by atoms with E-state index < -0.39 is 0 Å². The highest BCUT2D eigenvalue weighted by Crippen LogP contribution is 1.99. The molecule has 1 saturated heterocycles. The van der Waals surface area contributed by atoms with Gasteiger partial charge in [-0.25, -0.2) is 4.79 Å². The zero-order valence-corrected chi connectivity index (χ0v) is 5.77. The molecule has 1 unspecified atom stereocenters. The Morgan fingerprint density at radius 2 is 2.75 bits per heavy atom. The van der Waals surface area contributed by atoms with Gasteiger partial charge in [0.15, 0.2) is 0 Å². The molecule has 3 nitrogen and oxygen atoms in total. The van der Waals surface area contributed by atoms with Crippen molar-refractivity contribution in [1.29, 1.82) is 0 Å². The molecule has 0 aromatic heterocycles. The van der Waals surface area contributed by atoms with Crippen LogP contribution in [0.25, 0.3) is 0 Å². The Morgan fingerprint density at radius 1 is 2.00 bits per heavy atom. The number of halogens is 1. The first kappa shape index (κ1) is 5.88. The highest BCUT2D eigenvalue weighted by Gasteiger charge is 2.19. The van der Waals surface area contributed by atoms with Gasteiger partial charge in [0.2, 0.25) is 0 Å². The molecule has 0 bridgehead atoms. The Labute approximate surface area is 55.5 Å². The monoisotopic (exact) mass is 179 g/mol. The molecule has 0 aromatic carbocycles. The molecule has 46 valence electrons. The quantitative estimate of drug-likeness (QED) is 0.596. The Hall–Kier alpha value is -0.250. The summed E-state index contributed by atoms with van der Waals surface area (Å²) in [6.07, 6.45) is -0.311. The van der Waals surface area contributed by atoms with Crippen molar-refractivity contribution in [2.45, 2.75) is 6.04 Å². The number of carbonyl (C=O) groups excluding carboxylic acids is 1. The Kier molecular flexibility index (Phi) is 1.73. The molecule has 0 spiro atoms. The second-order valence-electron chi connectivity index (χ2n) is 1.59. The summed E-state index contributed by atoms with van der Waals surface area (Å²) in [7, 11) is 0. The van der Waals surface area contributed by atoms with Crippen molar-refractivity contribution in [3.63, 3.8) is 0 Å². The van der Waals surface area contributed by atoms with Gasteiger partial charge in [0.05, 0.1) is 6.04 Å². The maximum atomic E-state index is 10.3. The third-order valence-corrected chi connectivity index (χ3v) is 1.71. The van der Waals surface area contributed by atoms with E-state index >= 15 is 0 Å². The number of amides is 1. The lowest BCUT2D eigenvalue weighted by Crippen LogP contribution is -2.27. The van der Waals surface area contributed by atoms with Crippen LogP contribution in [0.2, 0.25) is 0 Å². The number of hydrogen-bond donors (Lipinski definition) is 1. The van der Waals surface area contributed by atoms with E-state index in [4.69, 9.17) is 0 Å². The van der Waals surface area contributed by atoms with Crippen LogP contribution in [0.5, 0.6) is 0 Å². The van der Waals surface area contributed by atoms with Crippen molar-refractivity contribution in [2.75, 3.05) is 11.9 Å². The maximum Gasteiger partial charge on any atom is 0.407 e. The number of ether oxygens (including phenoxy) is 1. The summed E-state index contributed by atoms with van der Waals surface area (Å²) < 4.78 is 4.58. The highest BCUT2D eigenvalue weighted by atomic mass is 79.9. The van der Waals surface area contributed by atoms with E-state index in [1.165, 1.54) is 0 Å². The molecular weight excluding hydrogens is 174 g/mol. The van der Waals surface area contributed by atoms with Crippen molar-refractivity contribution in [2.24, 2.45) is 0 Å². The molecule has 1 rings (SSSR count). The lowest BCUT2D eigenvalue weighted by molar-refractivity contribution is 0.177. The molecule has 4 heteroatoms. The SMILES string of the molecule is O=C1NC(CBr)CO1. The smallest absolute Gasteiger partial charge is 0.407 e. The van der Waals surface area contributed by atoms with Crippen LogP contribution in [0, 0.1) is 0 Å². The van der Waals surface area contributed by atoms with Crippen LogP contribution >= 0.6 is 15.9 Å². The Balaban J connectivity index is 2.32. The van der Waals surface area contributed by atoms with E-state index in [9.17, 15) is 4.79 Å². The summed E-state index contributed by atoms with van der Waals surface area (Å²) in [6.45, 7) is 0.490. The van der Waals surface area contributed by atoms with Gasteiger partial charge in [-0.1, -0.05) is 15.9 Å². The molecule has 1 fully saturated rings. The minimum Gasteiger partial charge on any atom is -0.447 e. The predicted molar refractivity (Wildman–Crippen MR) is 32.1 cm³/mol. The fourth-order valence-electron chi connectivity index (χ4n) is 0.509. The minimum atomic E-state index is -0.311. The summed E-state index contributed by atoms with van der Waals surface area (Å²) in [6, 6.07) is 0.169. The summed E-state index contributed by atoms with van der Waals surface area (Å²) in [5.74, 6) is 0. The van der Waals surface area contributed by atoms with Crippen molar-refractivity contribution in [3.05, 3.63) is 0 Å². The molecule has 0 aromatic rings. The number of alkyl halides is 1. The van der Waals surface area contributed by atoms with Crippen molar-refractivity contribution < 1.29 is 9.53 Å². The maximum absolute atomic E-state index is 10.3. The van der Waals surface area contributed by atoms with E-state index in [2.05, 4.69) is 26.0 Å². The summed E-state index contributed by atoms with van der Waals surface area (Å²) in [5, 5.41) is 3.36. The number of nitrogens with one attached hydrogen (secondary N) is 1. The molecule has 1 heterocycles. The number of alkyl carbamates (subject to hydrolysis) is 1. The largest absolute Gasteiger partial charge is 0.447 e. The Bertz CT molecular complexity index is 106. The van der Waals surface area contributed by atoms with Gasteiger partial charge in [-0.3, -0.25) is 0 Å². The van der Waals surface area contributed by atoms with Crippen molar-refractivity contribution in [1.82, 2.24) is 5.32 Å². The zero-order chi connectivity index (χ0) is 5.98. The van der Waals surface area contributed by atoms with Crippen LogP contribution in [-0.2, 0) is 4.74 Å². The molecule has 0 saturated carbocycles. The van der Waals surface area contributed by atoms with E-state index in [0.29, 0.717) is 6.61 Å². The van der Waals surface area contributed by atoms with Gasteiger partial charge in [-0.15, -0.1) is 0 Å². The lowest BCUT2D eigenvalue weighted by Gasteiger charge is -1.96. The molecular formula is C4H6BrNO2. The number of hydrogen-bond acceptors (Lipinski definition) is 2. The number of carbonyl (C=O) groups is 1. The second-order valence-corrected chi connectivity index (χ2v) is 2.24. The fourth-order valence-corrected chi connectivity index (χ4v) is 0.858. The standard InChI is InChI=1S/C4H6BrNO2/c5-1-3-2-8-4(7)6-3/h3H,1-2H2,(H,6,7). The van der Waals surface area contributed by atoms with Gasteiger partial charge in [-0.2, -0.15) is 0 Å². The van der Waals surface area contributed by atoms with Crippen molar-refractivity contribution in [3.8, 4) is 0 Å². The van der Waals surface area contributed by atoms with Crippen LogP contribution in [0.3, 0.4) is 0 Å². The lowest BCUT2D eigenvalue weighted by atomic mass is 10.4. The van der Waals surface area contributed by atoms with Gasteiger partial charge in [-0.05, 0) is 0 Å². The zero-order valence-electron chi connectivity index (χ0n) is 4.19. The van der Waals surface area contributed by atoms with Crippen molar-refractivity contribution >= 4 is 22.0 Å². The van der Waals surface area contributed by atoms with Gasteiger partial charge >= 0.3 is 6.09 Å². The van der Waals surface area contributed by atoms with Crippen LogP contribution in [-0.4, -0.2) is 24.1 Å². The first-order valence-corrected chi connectivity index (χ1v) is 3.44. The fraction of sp³-hybridized carbons (Fsp3) is 0.750. The Morgan fingerprint density at radius 3 is 3.00 bits per heavy atom. The van der Waals surface area contributed by atoms with E-state index in [1.54, 1.807) is 0 Å². The summed E-state index contributed by atoms with van der Waals surface area (Å²) in [4.78, 5) is 10.3. The van der Waals surface area contributed by atoms with Crippen LogP contribution < -0.4 is 5.32 Å². The normalized spacial score (nSPS) is 27.1. The second kappa shape index (κ2) is 2.35. The summed E-state index contributed by atoms with van der Waals surface area (Å²) in [5.41, 5.74) is 0. The summed E-state index contributed by atoms with van der Waals surface area (Å²) >= 11 is 3.21. The minimum absolute atomic E-state index is 0.169. The van der Waals surface area contributed by atoms with E-state index in [1.807, 2.05) is 0 Å². The average molecular weight is 180 g/mol. The van der Waals surface area contributed by atoms with Gasteiger partial charge < -0.3 is 10.1 Å². The molecule has 1 amide bonds. The van der Waals surface area contributed by atoms with Gasteiger partial charge in [0.25, 0.3) is 0 Å². The molecule has 1 N–H and O–H groups in total. The number of cyclic esters (lactones) is 1. The van der Waals surface area contributed by atoms with Gasteiger partial charge in [0, 0.05) is 5.33 Å². The number of rotatable bonds is 1. The van der Waals surface area contributed by atoms with Crippen LogP contribution in [0.1, 0.15) is 0 Å². The van der Waals surface area contributed by atoms with E-state index in [0.717, 1.165) is 5.33 Å². The first-order valence-electron chi connectivity index (χ1n) is 2.32. The third kappa shape index (κ3) is 1.12. The molecule has 1 aliphatic heterocycles. The first-order chi connectivity index (χ1) is 3.83. The highest BCUT2D eigenvalue weighted by molar-refractivity contribution is 9.09. The molecule has 0 radical (unpaired) electrons. The van der Waals surface area contributed by atoms with Gasteiger partial charge in [0.1, 0.15) is 6.61 Å². The molecule has 1 atom stereocenters.